The Morgan fingerprint density at radius 3 is 2.33 bits per heavy atom. The lowest BCUT2D eigenvalue weighted by Gasteiger charge is -2.26. The van der Waals surface area contributed by atoms with Crippen molar-refractivity contribution >= 4 is 45.5 Å². The molecular weight excluding hydrogens is 443 g/mol. The molecule has 1 saturated heterocycles. The third-order valence-corrected chi connectivity index (χ3v) is 6.69. The molecule has 1 heterocycles. The first-order valence-corrected chi connectivity index (χ1v) is 11.0. The highest BCUT2D eigenvalue weighted by molar-refractivity contribution is 8.18. The molecule has 0 radical (unpaired) electrons. The number of carbonyl (C=O) groups excluding carboxylic acids is 3. The standard InChI is InChI=1S/C18H18F3N3O4S2/c19-18(20,21)11-3-1-10(2-4-11)15-16(26)24(17(27)29-15)9-14(25)23-12-5-7-13(8-6-12)30(22)28/h5-8,11H,1-4,9,22H2,(H,23,25). The SMILES string of the molecule is NS(=O)c1ccc(NC(=O)CN2C(=O)SC(=C3CCC(C(F)(F)F)CC3)C2=O)cc1. The van der Waals surface area contributed by atoms with Gasteiger partial charge in [0.15, 0.2) is 0 Å². The Morgan fingerprint density at radius 2 is 1.80 bits per heavy atom. The lowest BCUT2D eigenvalue weighted by atomic mass is 9.85. The highest BCUT2D eigenvalue weighted by atomic mass is 32.2. The number of carbonyl (C=O) groups is 3. The molecule has 1 aliphatic heterocycles. The second kappa shape index (κ2) is 8.90. The third kappa shape index (κ3) is 5.10. The summed E-state index contributed by atoms with van der Waals surface area (Å²) >= 11 is 0.659. The molecule has 162 valence electrons. The Hall–Kier alpha value is -2.18. The summed E-state index contributed by atoms with van der Waals surface area (Å²) in [6.45, 7) is -0.517. The van der Waals surface area contributed by atoms with E-state index in [4.69, 9.17) is 5.14 Å². The number of amides is 3. The van der Waals surface area contributed by atoms with Gasteiger partial charge < -0.3 is 5.32 Å². The average Bonchev–Trinajstić information content (AvgIpc) is 2.96. The predicted octanol–water partition coefficient (Wildman–Crippen LogP) is 3.31. The van der Waals surface area contributed by atoms with E-state index in [0.29, 0.717) is 27.9 Å². The number of nitrogens with two attached hydrogens (primary N) is 1. The van der Waals surface area contributed by atoms with Gasteiger partial charge in [-0.1, -0.05) is 5.57 Å². The first kappa shape index (κ1) is 22.5. The quantitative estimate of drug-likeness (QED) is 0.669. The molecule has 2 aliphatic rings. The molecule has 12 heteroatoms. The molecule has 1 atom stereocenters. The first-order chi connectivity index (χ1) is 14.1. The molecular formula is C18H18F3N3O4S2. The highest BCUT2D eigenvalue weighted by Crippen LogP contribution is 2.43. The van der Waals surface area contributed by atoms with E-state index in [1.807, 2.05) is 0 Å². The number of alkyl halides is 3. The number of nitrogens with one attached hydrogen (secondary N) is 1. The van der Waals surface area contributed by atoms with Gasteiger partial charge in [-0.2, -0.15) is 13.2 Å². The van der Waals surface area contributed by atoms with Gasteiger partial charge in [-0.25, -0.2) is 9.35 Å². The van der Waals surface area contributed by atoms with Gasteiger partial charge in [0.05, 0.1) is 15.7 Å². The zero-order valence-corrected chi connectivity index (χ0v) is 17.2. The second-order valence-corrected chi connectivity index (χ2v) is 8.91. The molecule has 0 spiro atoms. The lowest BCUT2D eigenvalue weighted by molar-refractivity contribution is -0.179. The summed E-state index contributed by atoms with van der Waals surface area (Å²) in [5.41, 5.74) is 0.900. The van der Waals surface area contributed by atoms with Crippen LogP contribution in [0.25, 0.3) is 0 Å². The van der Waals surface area contributed by atoms with Crippen LogP contribution in [0.5, 0.6) is 0 Å². The van der Waals surface area contributed by atoms with Gasteiger partial charge in [0.1, 0.15) is 17.5 Å². The van der Waals surface area contributed by atoms with Gasteiger partial charge in [0.2, 0.25) is 5.91 Å². The van der Waals surface area contributed by atoms with Crippen LogP contribution >= 0.6 is 11.8 Å². The van der Waals surface area contributed by atoms with Crippen molar-refractivity contribution in [2.75, 3.05) is 11.9 Å². The van der Waals surface area contributed by atoms with Crippen LogP contribution in [0.3, 0.4) is 0 Å². The first-order valence-electron chi connectivity index (χ1n) is 8.94. The van der Waals surface area contributed by atoms with Crippen molar-refractivity contribution in [3.63, 3.8) is 0 Å². The van der Waals surface area contributed by atoms with E-state index in [-0.39, 0.29) is 30.6 Å². The van der Waals surface area contributed by atoms with E-state index in [2.05, 4.69) is 5.32 Å². The average molecular weight is 461 g/mol. The van der Waals surface area contributed by atoms with Crippen molar-refractivity contribution < 1.29 is 31.8 Å². The molecule has 1 aromatic carbocycles. The van der Waals surface area contributed by atoms with E-state index < -0.39 is 46.7 Å². The Morgan fingerprint density at radius 1 is 1.20 bits per heavy atom. The van der Waals surface area contributed by atoms with Crippen LogP contribution in [0.1, 0.15) is 25.7 Å². The minimum Gasteiger partial charge on any atom is -0.325 e. The minimum absolute atomic E-state index is 0.0976. The third-order valence-electron chi connectivity index (χ3n) is 4.89. The normalized spacial score (nSPS) is 21.2. The van der Waals surface area contributed by atoms with Crippen LogP contribution in [0.2, 0.25) is 0 Å². The number of thioether (sulfide) groups is 1. The van der Waals surface area contributed by atoms with Crippen molar-refractivity contribution in [3.8, 4) is 0 Å². The second-order valence-electron chi connectivity index (χ2n) is 6.88. The monoisotopic (exact) mass is 461 g/mol. The van der Waals surface area contributed by atoms with Gasteiger partial charge in [-0.05, 0) is 61.7 Å². The van der Waals surface area contributed by atoms with Gasteiger partial charge in [-0.15, -0.1) is 0 Å². The lowest BCUT2D eigenvalue weighted by Crippen LogP contribution is -2.36. The Labute approximate surface area is 176 Å². The number of rotatable bonds is 4. The molecule has 1 unspecified atom stereocenters. The maximum atomic E-state index is 12.8. The molecule has 1 saturated carbocycles. The van der Waals surface area contributed by atoms with Crippen LogP contribution in [0.4, 0.5) is 23.7 Å². The molecule has 3 N–H and O–H groups in total. The number of anilines is 1. The largest absolute Gasteiger partial charge is 0.391 e. The molecule has 7 nitrogen and oxygen atoms in total. The van der Waals surface area contributed by atoms with E-state index >= 15 is 0 Å². The molecule has 2 fully saturated rings. The Bertz CT molecular complexity index is 922. The Balaban J connectivity index is 1.62. The number of allylic oxidation sites excluding steroid dienone is 1. The summed E-state index contributed by atoms with van der Waals surface area (Å²) in [6.07, 6.45) is -4.30. The van der Waals surface area contributed by atoms with E-state index in [0.717, 1.165) is 4.90 Å². The zero-order chi connectivity index (χ0) is 22.1. The van der Waals surface area contributed by atoms with E-state index in [1.165, 1.54) is 24.3 Å². The molecule has 30 heavy (non-hydrogen) atoms. The number of hydrogen-bond donors (Lipinski definition) is 2. The van der Waals surface area contributed by atoms with E-state index in [9.17, 15) is 31.8 Å². The summed E-state index contributed by atoms with van der Waals surface area (Å²) in [5, 5.41) is 7.13. The van der Waals surface area contributed by atoms with Crippen molar-refractivity contribution in [1.29, 1.82) is 0 Å². The minimum atomic E-state index is -4.26. The van der Waals surface area contributed by atoms with Crippen LogP contribution in [0, 0.1) is 5.92 Å². The zero-order valence-electron chi connectivity index (χ0n) is 15.5. The van der Waals surface area contributed by atoms with Gasteiger partial charge in [-0.3, -0.25) is 19.3 Å². The predicted molar refractivity (Wildman–Crippen MR) is 105 cm³/mol. The number of imide groups is 1. The van der Waals surface area contributed by atoms with Crippen LogP contribution < -0.4 is 10.5 Å². The molecule has 1 aliphatic carbocycles. The van der Waals surface area contributed by atoms with Gasteiger partial charge >= 0.3 is 6.18 Å². The molecule has 0 aromatic heterocycles. The number of nitrogens with zero attached hydrogens (tertiary/aromatic N) is 1. The maximum absolute atomic E-state index is 12.8. The summed E-state index contributed by atoms with van der Waals surface area (Å²) in [4.78, 5) is 38.3. The van der Waals surface area contributed by atoms with Gasteiger partial charge in [0.25, 0.3) is 11.1 Å². The van der Waals surface area contributed by atoms with Crippen molar-refractivity contribution in [2.24, 2.45) is 11.1 Å². The van der Waals surface area contributed by atoms with Crippen LogP contribution in [0.15, 0.2) is 39.6 Å². The highest BCUT2D eigenvalue weighted by Gasteiger charge is 2.43. The maximum Gasteiger partial charge on any atom is 0.391 e. The fourth-order valence-electron chi connectivity index (χ4n) is 3.29. The summed E-state index contributed by atoms with van der Waals surface area (Å²) < 4.78 is 49.6. The summed E-state index contributed by atoms with van der Waals surface area (Å²) in [5.74, 6) is -2.68. The number of hydrogen-bond acceptors (Lipinski definition) is 5. The summed E-state index contributed by atoms with van der Waals surface area (Å²) in [6, 6.07) is 5.89. The summed E-state index contributed by atoms with van der Waals surface area (Å²) in [7, 11) is -1.66. The van der Waals surface area contributed by atoms with Crippen LogP contribution in [-0.4, -0.2) is 38.9 Å². The van der Waals surface area contributed by atoms with E-state index in [1.54, 1.807) is 0 Å². The molecule has 3 rings (SSSR count). The number of benzene rings is 1. The molecule has 0 bridgehead atoms. The van der Waals surface area contributed by atoms with Crippen molar-refractivity contribution in [2.45, 2.75) is 36.8 Å². The number of halogens is 3. The van der Waals surface area contributed by atoms with Crippen molar-refractivity contribution in [1.82, 2.24) is 4.90 Å². The van der Waals surface area contributed by atoms with Crippen LogP contribution in [-0.2, 0) is 20.6 Å². The van der Waals surface area contributed by atoms with Crippen molar-refractivity contribution in [3.05, 3.63) is 34.7 Å². The molecule has 1 aromatic rings. The smallest absolute Gasteiger partial charge is 0.325 e. The fraction of sp³-hybridized carbons (Fsp3) is 0.389. The Kier molecular flexibility index (Phi) is 6.68. The molecule has 3 amide bonds. The fourth-order valence-corrected chi connectivity index (χ4v) is 4.67. The van der Waals surface area contributed by atoms with Gasteiger partial charge in [0, 0.05) is 5.69 Å². The topological polar surface area (TPSA) is 110 Å².